The zero-order valence-corrected chi connectivity index (χ0v) is 12.9. The van der Waals surface area contributed by atoms with Crippen molar-refractivity contribution >= 4 is 10.9 Å². The lowest BCUT2D eigenvalue weighted by molar-refractivity contribution is 0.146. The summed E-state index contributed by atoms with van der Waals surface area (Å²) in [7, 11) is 2.21. The number of rotatable bonds is 3. The summed E-state index contributed by atoms with van der Waals surface area (Å²) >= 11 is 0. The smallest absolute Gasteiger partial charge is 0.0485 e. The monoisotopic (exact) mass is 271 g/mol. The summed E-state index contributed by atoms with van der Waals surface area (Å²) in [4.78, 5) is 4.99. The standard InChI is InChI=1S/C17H25N3/c1-4-20-16(13-19-9-7-18(3)8-10-19)12-15-6-5-14(2)11-17(15)20/h5-6,11-12H,4,7-10,13H2,1-3H3. The minimum absolute atomic E-state index is 1.05. The molecule has 0 bridgehead atoms. The molecule has 0 spiro atoms. The van der Waals surface area contributed by atoms with Crippen LogP contribution in [0.3, 0.4) is 0 Å². The van der Waals surface area contributed by atoms with Crippen LogP contribution in [0.15, 0.2) is 24.3 Å². The second-order valence-corrected chi connectivity index (χ2v) is 6.02. The van der Waals surface area contributed by atoms with Crippen molar-refractivity contribution in [2.75, 3.05) is 33.2 Å². The summed E-state index contributed by atoms with van der Waals surface area (Å²) in [5, 5.41) is 1.38. The van der Waals surface area contributed by atoms with Crippen molar-refractivity contribution in [3.8, 4) is 0 Å². The Morgan fingerprint density at radius 2 is 1.80 bits per heavy atom. The van der Waals surface area contributed by atoms with Gasteiger partial charge in [-0.3, -0.25) is 4.90 Å². The maximum atomic E-state index is 2.58. The molecule has 2 aromatic rings. The van der Waals surface area contributed by atoms with E-state index in [-0.39, 0.29) is 0 Å². The van der Waals surface area contributed by atoms with Crippen LogP contribution in [0.25, 0.3) is 10.9 Å². The molecule has 2 heterocycles. The molecule has 0 atom stereocenters. The van der Waals surface area contributed by atoms with E-state index < -0.39 is 0 Å². The topological polar surface area (TPSA) is 11.4 Å². The van der Waals surface area contributed by atoms with E-state index in [1.807, 2.05) is 0 Å². The summed E-state index contributed by atoms with van der Waals surface area (Å²) in [6, 6.07) is 9.15. The Balaban J connectivity index is 1.87. The fourth-order valence-electron chi connectivity index (χ4n) is 3.16. The van der Waals surface area contributed by atoms with Gasteiger partial charge in [0.05, 0.1) is 0 Å². The van der Waals surface area contributed by atoms with E-state index in [0.29, 0.717) is 0 Å². The van der Waals surface area contributed by atoms with Crippen LogP contribution in [0.2, 0.25) is 0 Å². The second-order valence-electron chi connectivity index (χ2n) is 6.02. The maximum Gasteiger partial charge on any atom is 0.0485 e. The lowest BCUT2D eigenvalue weighted by Crippen LogP contribution is -2.44. The Kier molecular flexibility index (Phi) is 3.81. The molecule has 3 rings (SSSR count). The zero-order chi connectivity index (χ0) is 14.1. The third kappa shape index (κ3) is 2.60. The van der Waals surface area contributed by atoms with Gasteiger partial charge >= 0.3 is 0 Å². The fourth-order valence-corrected chi connectivity index (χ4v) is 3.16. The average Bonchev–Trinajstić information content (AvgIpc) is 2.78. The predicted octanol–water partition coefficient (Wildman–Crippen LogP) is 2.72. The molecule has 1 aliphatic heterocycles. The number of benzene rings is 1. The summed E-state index contributed by atoms with van der Waals surface area (Å²) in [5.74, 6) is 0. The molecule has 1 saturated heterocycles. The quantitative estimate of drug-likeness (QED) is 0.850. The number of likely N-dealkylation sites (N-methyl/N-ethyl adjacent to an activating group) is 1. The average molecular weight is 271 g/mol. The number of piperazine rings is 1. The predicted molar refractivity (Wildman–Crippen MR) is 85.1 cm³/mol. The van der Waals surface area contributed by atoms with Crippen molar-refractivity contribution in [3.63, 3.8) is 0 Å². The van der Waals surface area contributed by atoms with Gasteiger partial charge in [-0.25, -0.2) is 0 Å². The first kappa shape index (κ1) is 13.7. The highest BCUT2D eigenvalue weighted by molar-refractivity contribution is 5.82. The molecule has 1 aromatic carbocycles. The summed E-state index contributed by atoms with van der Waals surface area (Å²) in [5.41, 5.74) is 4.19. The summed E-state index contributed by atoms with van der Waals surface area (Å²) < 4.78 is 2.47. The maximum absolute atomic E-state index is 2.58. The van der Waals surface area contributed by atoms with Gasteiger partial charge in [-0.05, 0) is 44.0 Å². The van der Waals surface area contributed by atoms with Gasteiger partial charge in [0.15, 0.2) is 0 Å². The molecular weight excluding hydrogens is 246 g/mol. The van der Waals surface area contributed by atoms with Crippen molar-refractivity contribution in [1.82, 2.24) is 14.4 Å². The fraction of sp³-hybridized carbons (Fsp3) is 0.529. The van der Waals surface area contributed by atoms with Crippen LogP contribution in [0, 0.1) is 6.92 Å². The normalized spacial score (nSPS) is 17.9. The first-order valence-electron chi connectivity index (χ1n) is 7.67. The molecule has 0 N–H and O–H groups in total. The minimum Gasteiger partial charge on any atom is -0.344 e. The van der Waals surface area contributed by atoms with Crippen LogP contribution < -0.4 is 0 Å². The van der Waals surface area contributed by atoms with Crippen molar-refractivity contribution in [3.05, 3.63) is 35.5 Å². The van der Waals surface area contributed by atoms with Crippen LogP contribution in [0.4, 0.5) is 0 Å². The van der Waals surface area contributed by atoms with E-state index in [0.717, 1.165) is 13.1 Å². The molecule has 0 saturated carbocycles. The first-order valence-corrected chi connectivity index (χ1v) is 7.67. The SMILES string of the molecule is CCn1c(CN2CCN(C)CC2)cc2ccc(C)cc21. The van der Waals surface area contributed by atoms with Crippen LogP contribution in [0.5, 0.6) is 0 Å². The van der Waals surface area contributed by atoms with E-state index in [1.165, 1.54) is 48.3 Å². The van der Waals surface area contributed by atoms with Gasteiger partial charge in [0.25, 0.3) is 0 Å². The number of aryl methyl sites for hydroxylation is 2. The van der Waals surface area contributed by atoms with Gasteiger partial charge in [0, 0.05) is 50.5 Å². The molecule has 0 amide bonds. The highest BCUT2D eigenvalue weighted by Gasteiger charge is 2.16. The van der Waals surface area contributed by atoms with Gasteiger partial charge < -0.3 is 9.47 Å². The largest absolute Gasteiger partial charge is 0.344 e. The molecular formula is C17H25N3. The van der Waals surface area contributed by atoms with Crippen molar-refractivity contribution in [1.29, 1.82) is 0 Å². The van der Waals surface area contributed by atoms with Gasteiger partial charge in [-0.15, -0.1) is 0 Å². The van der Waals surface area contributed by atoms with Crippen LogP contribution >= 0.6 is 0 Å². The van der Waals surface area contributed by atoms with Crippen LogP contribution in [-0.2, 0) is 13.1 Å². The molecule has 3 heteroatoms. The van der Waals surface area contributed by atoms with E-state index in [9.17, 15) is 0 Å². The molecule has 0 unspecified atom stereocenters. The van der Waals surface area contributed by atoms with Crippen LogP contribution in [0.1, 0.15) is 18.2 Å². The number of hydrogen-bond donors (Lipinski definition) is 0. The first-order chi connectivity index (χ1) is 9.67. The van der Waals surface area contributed by atoms with Crippen molar-refractivity contribution in [2.45, 2.75) is 26.9 Å². The third-order valence-electron chi connectivity index (χ3n) is 4.44. The van der Waals surface area contributed by atoms with Crippen molar-refractivity contribution < 1.29 is 0 Å². The Hall–Kier alpha value is -1.32. The lowest BCUT2D eigenvalue weighted by Gasteiger charge is -2.32. The number of nitrogens with zero attached hydrogens (tertiary/aromatic N) is 3. The van der Waals surface area contributed by atoms with Gasteiger partial charge in [0.1, 0.15) is 0 Å². The molecule has 20 heavy (non-hydrogen) atoms. The molecule has 108 valence electrons. The Morgan fingerprint density at radius 1 is 1.05 bits per heavy atom. The molecule has 1 aliphatic rings. The van der Waals surface area contributed by atoms with E-state index in [1.54, 1.807) is 0 Å². The highest BCUT2D eigenvalue weighted by atomic mass is 15.2. The molecule has 1 fully saturated rings. The number of hydrogen-bond acceptors (Lipinski definition) is 2. The molecule has 0 aliphatic carbocycles. The zero-order valence-electron chi connectivity index (χ0n) is 12.9. The minimum atomic E-state index is 1.05. The second kappa shape index (κ2) is 5.58. The van der Waals surface area contributed by atoms with Gasteiger partial charge in [-0.1, -0.05) is 12.1 Å². The summed E-state index contributed by atoms with van der Waals surface area (Å²) in [6.07, 6.45) is 0. The lowest BCUT2D eigenvalue weighted by atomic mass is 10.2. The highest BCUT2D eigenvalue weighted by Crippen LogP contribution is 2.22. The van der Waals surface area contributed by atoms with Crippen molar-refractivity contribution in [2.24, 2.45) is 0 Å². The summed E-state index contributed by atoms with van der Waals surface area (Å²) in [6.45, 7) is 11.3. The third-order valence-corrected chi connectivity index (χ3v) is 4.44. The molecule has 0 radical (unpaired) electrons. The Labute approximate surface area is 121 Å². The van der Waals surface area contributed by atoms with Gasteiger partial charge in [0.2, 0.25) is 0 Å². The van der Waals surface area contributed by atoms with E-state index in [4.69, 9.17) is 0 Å². The molecule has 1 aromatic heterocycles. The number of fused-ring (bicyclic) bond motifs is 1. The Bertz CT molecular complexity index is 592. The van der Waals surface area contributed by atoms with Gasteiger partial charge in [-0.2, -0.15) is 0 Å². The van der Waals surface area contributed by atoms with E-state index >= 15 is 0 Å². The molecule has 3 nitrogen and oxygen atoms in total. The van der Waals surface area contributed by atoms with E-state index in [2.05, 4.69) is 59.5 Å². The Morgan fingerprint density at radius 3 is 2.50 bits per heavy atom. The van der Waals surface area contributed by atoms with Crippen LogP contribution in [-0.4, -0.2) is 47.6 Å². The number of aromatic nitrogens is 1.